The quantitative estimate of drug-likeness (QED) is 0.487. The third-order valence-corrected chi connectivity index (χ3v) is 4.72. The average Bonchev–Trinajstić information content (AvgIpc) is 2.79. The van der Waals surface area contributed by atoms with E-state index < -0.39 is 11.8 Å². The lowest BCUT2D eigenvalue weighted by atomic mass is 10.2. The van der Waals surface area contributed by atoms with E-state index in [4.69, 9.17) is 4.74 Å². The highest BCUT2D eigenvalue weighted by Crippen LogP contribution is 2.19. The van der Waals surface area contributed by atoms with Crippen molar-refractivity contribution in [2.24, 2.45) is 0 Å². The third-order valence-electron chi connectivity index (χ3n) is 4.72. The maximum Gasteiger partial charge on any atom is 0.326 e. The van der Waals surface area contributed by atoms with Gasteiger partial charge < -0.3 is 20.7 Å². The van der Waals surface area contributed by atoms with Crippen LogP contribution in [0, 0.1) is 12.7 Å². The minimum Gasteiger partial charge on any atom is -0.497 e. The Hall–Kier alpha value is -4.07. The number of hydrogen-bond donors (Lipinski definition) is 3. The molecule has 0 aromatic heterocycles. The van der Waals surface area contributed by atoms with Crippen LogP contribution in [0.3, 0.4) is 0 Å². The zero-order valence-electron chi connectivity index (χ0n) is 17.9. The zero-order valence-corrected chi connectivity index (χ0v) is 17.9. The first-order valence-electron chi connectivity index (χ1n) is 10.0. The van der Waals surface area contributed by atoms with E-state index in [0.717, 1.165) is 5.56 Å². The molecule has 0 heterocycles. The summed E-state index contributed by atoms with van der Waals surface area (Å²) in [7, 11) is 1.55. The van der Waals surface area contributed by atoms with Crippen LogP contribution in [0.1, 0.15) is 5.56 Å². The van der Waals surface area contributed by atoms with Gasteiger partial charge in [0.1, 0.15) is 11.6 Å². The number of rotatable bonds is 7. The van der Waals surface area contributed by atoms with E-state index in [1.54, 1.807) is 37.4 Å². The molecule has 3 aromatic carbocycles. The second kappa shape index (κ2) is 10.8. The molecule has 0 bridgehead atoms. The van der Waals surface area contributed by atoms with Crippen molar-refractivity contribution in [2.75, 3.05) is 35.7 Å². The lowest BCUT2D eigenvalue weighted by Gasteiger charge is -2.24. The molecule has 0 saturated carbocycles. The van der Waals surface area contributed by atoms with Crippen LogP contribution in [0.5, 0.6) is 5.75 Å². The van der Waals surface area contributed by atoms with Crippen LogP contribution in [0.4, 0.5) is 31.0 Å². The summed E-state index contributed by atoms with van der Waals surface area (Å²) in [5.41, 5.74) is 2.67. The highest BCUT2D eigenvalue weighted by molar-refractivity contribution is 6.02. The van der Waals surface area contributed by atoms with Crippen LogP contribution < -0.4 is 25.6 Å². The minimum absolute atomic E-state index is 0.175. The molecule has 0 aliphatic heterocycles. The van der Waals surface area contributed by atoms with E-state index in [1.807, 2.05) is 25.1 Å². The monoisotopic (exact) mass is 436 g/mol. The number of urea groups is 2. The van der Waals surface area contributed by atoms with E-state index in [9.17, 15) is 14.0 Å². The number of amides is 4. The molecule has 166 valence electrons. The molecule has 0 unspecified atom stereocenters. The van der Waals surface area contributed by atoms with Gasteiger partial charge in [-0.05, 0) is 55.0 Å². The first-order chi connectivity index (χ1) is 15.5. The second-order valence-electron chi connectivity index (χ2n) is 6.99. The largest absolute Gasteiger partial charge is 0.497 e. The van der Waals surface area contributed by atoms with E-state index in [1.165, 1.54) is 29.2 Å². The fourth-order valence-corrected chi connectivity index (χ4v) is 3.02. The van der Waals surface area contributed by atoms with Crippen molar-refractivity contribution in [2.45, 2.75) is 6.92 Å². The van der Waals surface area contributed by atoms with Crippen molar-refractivity contribution in [3.8, 4) is 5.75 Å². The van der Waals surface area contributed by atoms with Gasteiger partial charge in [-0.1, -0.05) is 24.3 Å². The van der Waals surface area contributed by atoms with Crippen LogP contribution in [0.15, 0.2) is 72.8 Å². The van der Waals surface area contributed by atoms with Gasteiger partial charge in [-0.25, -0.2) is 14.0 Å². The molecule has 0 atom stereocenters. The molecular weight excluding hydrogens is 411 g/mol. The first kappa shape index (κ1) is 22.6. The van der Waals surface area contributed by atoms with Crippen molar-refractivity contribution in [3.63, 3.8) is 0 Å². The van der Waals surface area contributed by atoms with Gasteiger partial charge in [-0.2, -0.15) is 0 Å². The van der Waals surface area contributed by atoms with Gasteiger partial charge in [0.05, 0.1) is 7.11 Å². The molecule has 0 aliphatic carbocycles. The average molecular weight is 436 g/mol. The fourth-order valence-electron chi connectivity index (χ4n) is 3.02. The molecule has 0 aliphatic rings. The standard InChI is InChI=1S/C24H25FN4O3/c1-17-6-3-4-9-22(17)28-24(31)29(20-12-10-18(25)11-13-20)15-14-26-23(30)27-19-7-5-8-21(16-19)32-2/h3-13,16H,14-15H2,1-2H3,(H,28,31)(H2,26,27,30). The fraction of sp³-hybridized carbons (Fsp3) is 0.167. The molecule has 8 heteroatoms. The smallest absolute Gasteiger partial charge is 0.326 e. The van der Waals surface area contributed by atoms with Crippen molar-refractivity contribution in [3.05, 3.63) is 84.2 Å². The third kappa shape index (κ3) is 6.21. The Balaban J connectivity index is 1.64. The molecule has 0 saturated heterocycles. The van der Waals surface area contributed by atoms with Gasteiger partial charge in [-0.3, -0.25) is 4.90 Å². The minimum atomic E-state index is -0.420. The normalized spacial score (nSPS) is 10.2. The second-order valence-corrected chi connectivity index (χ2v) is 6.99. The Labute approximate surface area is 186 Å². The van der Waals surface area contributed by atoms with Gasteiger partial charge in [-0.15, -0.1) is 0 Å². The van der Waals surface area contributed by atoms with Crippen molar-refractivity contribution in [1.29, 1.82) is 0 Å². The molecule has 3 N–H and O–H groups in total. The summed E-state index contributed by atoms with van der Waals surface area (Å²) in [6, 6.07) is 19.2. The molecular formula is C24H25FN4O3. The maximum atomic E-state index is 13.4. The molecule has 32 heavy (non-hydrogen) atoms. The Kier molecular flexibility index (Phi) is 7.64. The number of carbonyl (C=O) groups is 2. The van der Waals surface area contributed by atoms with E-state index >= 15 is 0 Å². The SMILES string of the molecule is COc1cccc(NC(=O)NCCN(C(=O)Nc2ccccc2C)c2ccc(F)cc2)c1. The van der Waals surface area contributed by atoms with E-state index in [0.29, 0.717) is 22.8 Å². The lowest BCUT2D eigenvalue weighted by Crippen LogP contribution is -2.42. The highest BCUT2D eigenvalue weighted by atomic mass is 19.1. The summed E-state index contributed by atoms with van der Waals surface area (Å²) in [4.78, 5) is 26.7. The number of anilines is 3. The van der Waals surface area contributed by atoms with Crippen molar-refractivity contribution < 1.29 is 18.7 Å². The van der Waals surface area contributed by atoms with Crippen molar-refractivity contribution >= 4 is 29.1 Å². The van der Waals surface area contributed by atoms with Crippen LogP contribution in [-0.2, 0) is 0 Å². The predicted octanol–water partition coefficient (Wildman–Crippen LogP) is 5.00. The maximum absolute atomic E-state index is 13.4. The number of halogens is 1. The number of methoxy groups -OCH3 is 1. The highest BCUT2D eigenvalue weighted by Gasteiger charge is 2.17. The van der Waals surface area contributed by atoms with Gasteiger partial charge >= 0.3 is 12.1 Å². The molecule has 0 spiro atoms. The summed E-state index contributed by atoms with van der Waals surface area (Å²) in [6.45, 7) is 2.24. The summed E-state index contributed by atoms with van der Waals surface area (Å²) in [6.07, 6.45) is 0. The van der Waals surface area contributed by atoms with Crippen LogP contribution in [0.2, 0.25) is 0 Å². The Morgan fingerprint density at radius 3 is 2.44 bits per heavy atom. The molecule has 3 aromatic rings. The lowest BCUT2D eigenvalue weighted by molar-refractivity contribution is 0.250. The Bertz CT molecular complexity index is 1070. The number of nitrogens with zero attached hydrogens (tertiary/aromatic N) is 1. The van der Waals surface area contributed by atoms with E-state index in [2.05, 4.69) is 16.0 Å². The summed E-state index contributed by atoms with van der Waals surface area (Å²) in [5, 5.41) is 8.30. The van der Waals surface area contributed by atoms with Gasteiger partial charge in [0.2, 0.25) is 0 Å². The number of hydrogen-bond acceptors (Lipinski definition) is 3. The summed E-state index contributed by atoms with van der Waals surface area (Å²) in [5.74, 6) is 0.224. The van der Waals surface area contributed by atoms with Gasteiger partial charge in [0.25, 0.3) is 0 Å². The predicted molar refractivity (Wildman–Crippen MR) is 124 cm³/mol. The van der Waals surface area contributed by atoms with E-state index in [-0.39, 0.29) is 19.1 Å². The first-order valence-corrected chi connectivity index (χ1v) is 10.0. The number of carbonyl (C=O) groups excluding carboxylic acids is 2. The topological polar surface area (TPSA) is 82.7 Å². The summed E-state index contributed by atoms with van der Waals surface area (Å²) >= 11 is 0. The number of aryl methyl sites for hydroxylation is 1. The number of ether oxygens (including phenoxy) is 1. The molecule has 4 amide bonds. The number of benzene rings is 3. The number of nitrogens with one attached hydrogen (secondary N) is 3. The number of para-hydroxylation sites is 1. The molecule has 3 rings (SSSR count). The molecule has 7 nitrogen and oxygen atoms in total. The van der Waals surface area contributed by atoms with Crippen molar-refractivity contribution in [1.82, 2.24) is 5.32 Å². The summed E-state index contributed by atoms with van der Waals surface area (Å²) < 4.78 is 18.5. The van der Waals surface area contributed by atoms with Crippen LogP contribution in [-0.4, -0.2) is 32.3 Å². The Morgan fingerprint density at radius 1 is 0.969 bits per heavy atom. The van der Waals surface area contributed by atoms with Crippen LogP contribution in [0.25, 0.3) is 0 Å². The zero-order chi connectivity index (χ0) is 22.9. The molecule has 0 radical (unpaired) electrons. The molecule has 0 fully saturated rings. The Morgan fingerprint density at radius 2 is 1.72 bits per heavy atom. The van der Waals surface area contributed by atoms with Crippen LogP contribution >= 0.6 is 0 Å². The van der Waals surface area contributed by atoms with Gasteiger partial charge in [0, 0.05) is 36.2 Å². The van der Waals surface area contributed by atoms with Gasteiger partial charge in [0.15, 0.2) is 0 Å².